The predicted molar refractivity (Wildman–Crippen MR) is 98.3 cm³/mol. The van der Waals surface area contributed by atoms with Crippen LogP contribution in [0.4, 0.5) is 5.69 Å². The van der Waals surface area contributed by atoms with Crippen molar-refractivity contribution in [2.45, 2.75) is 25.0 Å². The van der Waals surface area contributed by atoms with Crippen molar-refractivity contribution in [3.63, 3.8) is 0 Å². The van der Waals surface area contributed by atoms with E-state index in [0.717, 1.165) is 31.6 Å². The molecule has 1 aromatic carbocycles. The number of hydrogen-bond acceptors (Lipinski definition) is 5. The highest BCUT2D eigenvalue weighted by Crippen LogP contribution is 2.23. The first-order chi connectivity index (χ1) is 10.7. The summed E-state index contributed by atoms with van der Waals surface area (Å²) < 4.78 is 5.69. The Morgan fingerprint density at radius 1 is 1.12 bits per heavy atom. The van der Waals surface area contributed by atoms with Crippen molar-refractivity contribution in [2.24, 2.45) is 5.73 Å². The molecule has 8 heteroatoms. The summed E-state index contributed by atoms with van der Waals surface area (Å²) in [5.41, 5.74) is 6.67. The molecule has 3 N–H and O–H groups in total. The quantitative estimate of drug-likeness (QED) is 0.831. The summed E-state index contributed by atoms with van der Waals surface area (Å²) in [6.45, 7) is 3.48. The number of carbonyl (C=O) groups excluding carboxylic acids is 1. The second-order valence-electron chi connectivity index (χ2n) is 5.89. The molecule has 2 saturated heterocycles. The van der Waals surface area contributed by atoms with Gasteiger partial charge in [-0.3, -0.25) is 4.79 Å². The lowest BCUT2D eigenvalue weighted by Gasteiger charge is -2.37. The van der Waals surface area contributed by atoms with Crippen molar-refractivity contribution >= 4 is 36.4 Å². The zero-order chi connectivity index (χ0) is 15.5. The Balaban J connectivity index is 0.00000144. The number of rotatable bonds is 3. The summed E-state index contributed by atoms with van der Waals surface area (Å²) in [6.07, 6.45) is 1.38. The molecule has 0 radical (unpaired) electrons. The third kappa shape index (κ3) is 4.66. The molecule has 24 heavy (non-hydrogen) atoms. The summed E-state index contributed by atoms with van der Waals surface area (Å²) in [5, 5.41) is 9.34. The molecule has 2 aliphatic heterocycles. The van der Waals surface area contributed by atoms with E-state index in [1.165, 1.54) is 0 Å². The van der Waals surface area contributed by atoms with Gasteiger partial charge >= 0.3 is 0 Å². The second kappa shape index (κ2) is 9.32. The minimum atomic E-state index is -0.311. The van der Waals surface area contributed by atoms with E-state index in [0.29, 0.717) is 19.6 Å². The van der Waals surface area contributed by atoms with E-state index in [9.17, 15) is 9.90 Å². The lowest BCUT2D eigenvalue weighted by molar-refractivity contribution is -0.143. The number of benzene rings is 1. The highest BCUT2D eigenvalue weighted by atomic mass is 35.5. The maximum Gasteiger partial charge on any atom is 0.251 e. The van der Waals surface area contributed by atoms with Crippen LogP contribution in [-0.4, -0.2) is 60.8 Å². The molecule has 2 aliphatic rings. The first kappa shape index (κ1) is 20.8. The van der Waals surface area contributed by atoms with Crippen LogP contribution in [0, 0.1) is 0 Å². The fraction of sp³-hybridized carbons (Fsp3) is 0.562. The molecule has 2 atom stereocenters. The second-order valence-corrected chi connectivity index (χ2v) is 5.89. The van der Waals surface area contributed by atoms with Gasteiger partial charge in [-0.15, -0.1) is 24.8 Å². The van der Waals surface area contributed by atoms with Gasteiger partial charge in [0.2, 0.25) is 0 Å². The smallest absolute Gasteiger partial charge is 0.251 e. The highest BCUT2D eigenvalue weighted by molar-refractivity contribution is 5.85. The fourth-order valence-electron chi connectivity index (χ4n) is 3.11. The van der Waals surface area contributed by atoms with Gasteiger partial charge < -0.3 is 25.4 Å². The molecule has 2 heterocycles. The van der Waals surface area contributed by atoms with Crippen LogP contribution in [0.15, 0.2) is 24.3 Å². The van der Waals surface area contributed by atoms with Crippen LogP contribution in [0.5, 0.6) is 5.75 Å². The Morgan fingerprint density at radius 2 is 1.75 bits per heavy atom. The molecule has 136 valence electrons. The highest BCUT2D eigenvalue weighted by Gasteiger charge is 2.34. The van der Waals surface area contributed by atoms with E-state index in [1.54, 1.807) is 12.1 Å². The molecule has 0 bridgehead atoms. The van der Waals surface area contributed by atoms with E-state index < -0.39 is 0 Å². The molecule has 0 spiro atoms. The largest absolute Gasteiger partial charge is 0.508 e. The Morgan fingerprint density at radius 3 is 2.29 bits per heavy atom. The molecular formula is C16H25Cl2N3O3. The first-order valence-corrected chi connectivity index (χ1v) is 7.85. The minimum absolute atomic E-state index is 0. The number of anilines is 1. The third-order valence-electron chi connectivity index (χ3n) is 4.45. The third-order valence-corrected chi connectivity index (χ3v) is 4.45. The molecule has 6 nitrogen and oxygen atoms in total. The monoisotopic (exact) mass is 377 g/mol. The van der Waals surface area contributed by atoms with Crippen LogP contribution < -0.4 is 10.6 Å². The van der Waals surface area contributed by atoms with Gasteiger partial charge in [-0.25, -0.2) is 0 Å². The van der Waals surface area contributed by atoms with Gasteiger partial charge in [0.1, 0.15) is 11.9 Å². The van der Waals surface area contributed by atoms with Gasteiger partial charge in [0.05, 0.1) is 6.10 Å². The average Bonchev–Trinajstić information content (AvgIpc) is 3.04. The van der Waals surface area contributed by atoms with Crippen molar-refractivity contribution in [3.05, 3.63) is 24.3 Å². The number of amides is 1. The van der Waals surface area contributed by atoms with Gasteiger partial charge in [0.25, 0.3) is 5.91 Å². The maximum absolute atomic E-state index is 12.5. The molecule has 0 aromatic heterocycles. The topological polar surface area (TPSA) is 79.0 Å². The SMILES string of the molecule is Cl.Cl.NC[C@H]1CC[C@@H](C(=O)N2CCN(c3ccc(O)cc3)CC2)O1. The summed E-state index contributed by atoms with van der Waals surface area (Å²) in [4.78, 5) is 16.6. The number of aromatic hydroxyl groups is 1. The predicted octanol–water partition coefficient (Wildman–Crippen LogP) is 1.39. The van der Waals surface area contributed by atoms with E-state index >= 15 is 0 Å². The number of ether oxygens (including phenoxy) is 1. The van der Waals surface area contributed by atoms with Gasteiger partial charge in [-0.05, 0) is 37.1 Å². The number of nitrogens with two attached hydrogens (primary N) is 1. The van der Waals surface area contributed by atoms with Crippen molar-refractivity contribution in [2.75, 3.05) is 37.6 Å². The van der Waals surface area contributed by atoms with Gasteiger partial charge in [-0.1, -0.05) is 0 Å². The zero-order valence-electron chi connectivity index (χ0n) is 13.5. The van der Waals surface area contributed by atoms with E-state index in [-0.39, 0.29) is 48.7 Å². The van der Waals surface area contributed by atoms with Crippen molar-refractivity contribution in [1.29, 1.82) is 0 Å². The van der Waals surface area contributed by atoms with Crippen LogP contribution in [0.3, 0.4) is 0 Å². The van der Waals surface area contributed by atoms with Crippen molar-refractivity contribution in [1.82, 2.24) is 4.90 Å². The van der Waals surface area contributed by atoms with Gasteiger partial charge in [0.15, 0.2) is 0 Å². The van der Waals surface area contributed by atoms with Gasteiger partial charge in [0, 0.05) is 38.4 Å². The summed E-state index contributed by atoms with van der Waals surface area (Å²) in [7, 11) is 0. The summed E-state index contributed by atoms with van der Waals surface area (Å²) in [5.74, 6) is 0.367. The van der Waals surface area contributed by atoms with Crippen LogP contribution in [-0.2, 0) is 9.53 Å². The van der Waals surface area contributed by atoms with Crippen LogP contribution in [0.1, 0.15) is 12.8 Å². The van der Waals surface area contributed by atoms with E-state index in [4.69, 9.17) is 10.5 Å². The van der Waals surface area contributed by atoms with Crippen LogP contribution in [0.25, 0.3) is 0 Å². The number of halogens is 2. The number of nitrogens with zero attached hydrogens (tertiary/aromatic N) is 2. The summed E-state index contributed by atoms with van der Waals surface area (Å²) in [6, 6.07) is 7.18. The molecule has 0 saturated carbocycles. The standard InChI is InChI=1S/C16H23N3O3.2ClH/c17-11-14-5-6-15(22-14)16(21)19-9-7-18(8-10-19)12-1-3-13(20)4-2-12;;/h1-4,14-15,20H,5-11,17H2;2*1H/t14-,15+;;/m1../s1. The van der Waals surface area contributed by atoms with E-state index in [2.05, 4.69) is 4.90 Å². The number of phenolic OH excluding ortho intramolecular Hbond substituents is 1. The van der Waals surface area contributed by atoms with Crippen molar-refractivity contribution in [3.8, 4) is 5.75 Å². The van der Waals surface area contributed by atoms with E-state index in [1.807, 2.05) is 17.0 Å². The molecule has 2 fully saturated rings. The lowest BCUT2D eigenvalue weighted by Crippen LogP contribution is -2.51. The first-order valence-electron chi connectivity index (χ1n) is 7.85. The lowest BCUT2D eigenvalue weighted by atomic mass is 10.1. The Bertz CT molecular complexity index is 522. The number of carbonyl (C=O) groups is 1. The number of piperazine rings is 1. The number of hydrogen-bond donors (Lipinski definition) is 2. The van der Waals surface area contributed by atoms with Crippen LogP contribution in [0.2, 0.25) is 0 Å². The zero-order valence-corrected chi connectivity index (χ0v) is 15.1. The Hall–Kier alpha value is -1.21. The average molecular weight is 378 g/mol. The summed E-state index contributed by atoms with van der Waals surface area (Å²) >= 11 is 0. The molecule has 1 aromatic rings. The fourth-order valence-corrected chi connectivity index (χ4v) is 3.11. The Kier molecular flexibility index (Phi) is 8.09. The molecule has 0 aliphatic carbocycles. The molecule has 1 amide bonds. The normalized spacial score (nSPS) is 23.4. The van der Waals surface area contributed by atoms with Crippen LogP contribution >= 0.6 is 24.8 Å². The van der Waals surface area contributed by atoms with Crippen molar-refractivity contribution < 1.29 is 14.6 Å². The Labute approximate surface area is 154 Å². The molecule has 3 rings (SSSR count). The van der Waals surface area contributed by atoms with Gasteiger partial charge in [-0.2, -0.15) is 0 Å². The minimum Gasteiger partial charge on any atom is -0.508 e. The maximum atomic E-state index is 12.5. The molecular weight excluding hydrogens is 353 g/mol. The molecule has 0 unspecified atom stereocenters. The number of phenols is 1.